The lowest BCUT2D eigenvalue weighted by Crippen LogP contribution is -2.48. The standard InChI is InChI=1S/C33H37FN6O4S/c1-45(43,44)29-9-6-26(7-10-29)21-38-14-16-40(17-15-38)33(42)31-11-8-28(20-36-31)32(41)37-19-27-12-13-39(23-30(27)34)22-25-4-2-24(18-35)3-5-25/h2-11,20,27,30H,12-17,19,21-23H2,1H3,(H,37,41)/t27-,30+/m0/s1. The molecule has 45 heavy (non-hydrogen) atoms. The lowest BCUT2D eigenvalue weighted by Gasteiger charge is -2.34. The number of carbonyl (C=O) groups excluding carboxylic acids is 2. The Labute approximate surface area is 263 Å². The van der Waals surface area contributed by atoms with Gasteiger partial charge in [0.1, 0.15) is 11.9 Å². The number of hydrogen-bond acceptors (Lipinski definition) is 8. The average Bonchev–Trinajstić information content (AvgIpc) is 3.04. The highest BCUT2D eigenvalue weighted by Crippen LogP contribution is 2.22. The Morgan fingerprint density at radius 3 is 2.16 bits per heavy atom. The largest absolute Gasteiger partial charge is 0.352 e. The molecule has 1 N–H and O–H groups in total. The van der Waals surface area contributed by atoms with Crippen LogP contribution >= 0.6 is 0 Å². The first-order valence-corrected chi connectivity index (χ1v) is 16.9. The van der Waals surface area contributed by atoms with E-state index in [1.165, 1.54) is 12.5 Å². The SMILES string of the molecule is CS(=O)(=O)c1ccc(CN2CCN(C(=O)c3ccc(C(=O)NC[C@@H]4CCN(Cc5ccc(C#N)cc5)C[C@H]4F)cn3)CC2)cc1. The fourth-order valence-corrected chi connectivity index (χ4v) is 6.32. The van der Waals surface area contributed by atoms with Crippen LogP contribution in [0.5, 0.6) is 0 Å². The number of likely N-dealkylation sites (tertiary alicyclic amines) is 1. The topological polar surface area (TPSA) is 127 Å². The predicted octanol–water partition coefficient (Wildman–Crippen LogP) is 2.90. The Kier molecular flexibility index (Phi) is 10.2. The van der Waals surface area contributed by atoms with Gasteiger partial charge in [0.05, 0.1) is 22.1 Å². The maximum absolute atomic E-state index is 15.0. The Morgan fingerprint density at radius 2 is 1.58 bits per heavy atom. The quantitative estimate of drug-likeness (QED) is 0.382. The van der Waals surface area contributed by atoms with Crippen LogP contribution in [0.4, 0.5) is 4.39 Å². The summed E-state index contributed by atoms with van der Waals surface area (Å²) < 4.78 is 38.3. The first-order chi connectivity index (χ1) is 21.6. The minimum atomic E-state index is -3.23. The van der Waals surface area contributed by atoms with E-state index in [9.17, 15) is 22.4 Å². The van der Waals surface area contributed by atoms with E-state index in [-0.39, 0.29) is 36.5 Å². The molecule has 5 rings (SSSR count). The molecule has 0 bridgehead atoms. The molecule has 0 radical (unpaired) electrons. The normalized spacial score (nSPS) is 19.5. The molecule has 2 saturated heterocycles. The van der Waals surface area contributed by atoms with Crippen LogP contribution in [0.1, 0.15) is 44.0 Å². The Balaban J connectivity index is 1.04. The summed E-state index contributed by atoms with van der Waals surface area (Å²) >= 11 is 0. The van der Waals surface area contributed by atoms with Crippen LogP contribution < -0.4 is 5.32 Å². The molecule has 0 aliphatic carbocycles. The van der Waals surface area contributed by atoms with Gasteiger partial charge in [0.15, 0.2) is 9.84 Å². The van der Waals surface area contributed by atoms with Gasteiger partial charge >= 0.3 is 0 Å². The Morgan fingerprint density at radius 1 is 0.933 bits per heavy atom. The second-order valence-corrected chi connectivity index (χ2v) is 13.8. The number of nitrogens with zero attached hydrogens (tertiary/aromatic N) is 5. The summed E-state index contributed by atoms with van der Waals surface area (Å²) in [5.74, 6) is -0.843. The molecule has 2 aromatic carbocycles. The van der Waals surface area contributed by atoms with Gasteiger partial charge in [0.2, 0.25) is 0 Å². The smallest absolute Gasteiger partial charge is 0.272 e. The van der Waals surface area contributed by atoms with E-state index >= 15 is 0 Å². The molecule has 0 spiro atoms. The van der Waals surface area contributed by atoms with Gasteiger partial charge in [-0.25, -0.2) is 12.8 Å². The van der Waals surface area contributed by atoms with Gasteiger partial charge in [-0.2, -0.15) is 5.26 Å². The van der Waals surface area contributed by atoms with Crippen molar-refractivity contribution in [1.29, 1.82) is 5.26 Å². The van der Waals surface area contributed by atoms with E-state index in [0.29, 0.717) is 68.3 Å². The van der Waals surface area contributed by atoms with Crippen molar-refractivity contribution in [2.24, 2.45) is 5.92 Å². The number of nitriles is 1. The fourth-order valence-electron chi connectivity index (χ4n) is 5.68. The van der Waals surface area contributed by atoms with Crippen LogP contribution in [0.15, 0.2) is 71.8 Å². The van der Waals surface area contributed by atoms with Gasteiger partial charge < -0.3 is 10.2 Å². The van der Waals surface area contributed by atoms with Gasteiger partial charge in [-0.05, 0) is 60.5 Å². The number of sulfone groups is 1. The number of hydrogen-bond donors (Lipinski definition) is 1. The van der Waals surface area contributed by atoms with Gasteiger partial charge in [0, 0.05) is 70.7 Å². The summed E-state index contributed by atoms with van der Waals surface area (Å²) in [4.78, 5) is 36.3. The first-order valence-electron chi connectivity index (χ1n) is 15.0. The molecule has 2 aliphatic rings. The van der Waals surface area contributed by atoms with Gasteiger partial charge in [-0.3, -0.25) is 24.4 Å². The van der Waals surface area contributed by atoms with Crippen LogP contribution in [0.3, 0.4) is 0 Å². The van der Waals surface area contributed by atoms with E-state index in [1.807, 2.05) is 29.2 Å². The fraction of sp³-hybridized carbons (Fsp3) is 0.394. The van der Waals surface area contributed by atoms with Crippen molar-refractivity contribution >= 4 is 21.7 Å². The highest BCUT2D eigenvalue weighted by atomic mass is 32.2. The molecular formula is C33H37FN6O4S. The van der Waals surface area contributed by atoms with Crippen molar-refractivity contribution in [2.75, 3.05) is 52.1 Å². The number of aromatic nitrogens is 1. The van der Waals surface area contributed by atoms with E-state index in [4.69, 9.17) is 5.26 Å². The Bertz CT molecular complexity index is 1630. The van der Waals surface area contributed by atoms with Crippen molar-refractivity contribution in [3.63, 3.8) is 0 Å². The van der Waals surface area contributed by atoms with Crippen molar-refractivity contribution in [3.8, 4) is 6.07 Å². The van der Waals surface area contributed by atoms with Gasteiger partial charge in [-0.15, -0.1) is 0 Å². The number of benzene rings is 2. The summed E-state index contributed by atoms with van der Waals surface area (Å²) in [7, 11) is -3.23. The van der Waals surface area contributed by atoms with Crippen LogP contribution in [-0.2, 0) is 22.9 Å². The number of carbonyl (C=O) groups is 2. The van der Waals surface area contributed by atoms with Crippen molar-refractivity contribution < 1.29 is 22.4 Å². The molecule has 2 atom stereocenters. The zero-order chi connectivity index (χ0) is 32.0. The maximum Gasteiger partial charge on any atom is 0.272 e. The molecule has 2 amide bonds. The lowest BCUT2D eigenvalue weighted by molar-refractivity contribution is 0.0622. The van der Waals surface area contributed by atoms with E-state index in [2.05, 4.69) is 21.3 Å². The number of amides is 2. The number of halogens is 1. The van der Waals surface area contributed by atoms with Gasteiger partial charge in [-0.1, -0.05) is 24.3 Å². The molecular weight excluding hydrogens is 595 g/mol. The third-order valence-electron chi connectivity index (χ3n) is 8.44. The summed E-state index contributed by atoms with van der Waals surface area (Å²) in [5.41, 5.74) is 3.20. The van der Waals surface area contributed by atoms with Crippen molar-refractivity contribution in [3.05, 3.63) is 94.8 Å². The van der Waals surface area contributed by atoms with Crippen LogP contribution in [-0.4, -0.2) is 98.2 Å². The highest BCUT2D eigenvalue weighted by molar-refractivity contribution is 7.90. The van der Waals surface area contributed by atoms with E-state index in [0.717, 1.165) is 11.1 Å². The predicted molar refractivity (Wildman–Crippen MR) is 167 cm³/mol. The van der Waals surface area contributed by atoms with Crippen molar-refractivity contribution in [2.45, 2.75) is 30.6 Å². The number of rotatable bonds is 9. The second-order valence-electron chi connectivity index (χ2n) is 11.7. The molecule has 3 aromatic rings. The zero-order valence-electron chi connectivity index (χ0n) is 25.2. The van der Waals surface area contributed by atoms with E-state index < -0.39 is 16.0 Å². The monoisotopic (exact) mass is 632 g/mol. The minimum absolute atomic E-state index is 0.202. The maximum atomic E-state index is 15.0. The number of pyridine rings is 1. The number of piperidine rings is 1. The molecule has 0 unspecified atom stereocenters. The average molecular weight is 633 g/mol. The molecule has 2 fully saturated rings. The third kappa shape index (κ3) is 8.51. The lowest BCUT2D eigenvalue weighted by atomic mass is 9.94. The third-order valence-corrected chi connectivity index (χ3v) is 9.56. The molecule has 10 nitrogen and oxygen atoms in total. The Hall–Kier alpha value is -4.18. The number of piperazine rings is 1. The summed E-state index contributed by atoms with van der Waals surface area (Å²) in [5, 5.41) is 11.8. The zero-order valence-corrected chi connectivity index (χ0v) is 26.0. The minimum Gasteiger partial charge on any atom is -0.352 e. The first kappa shape index (κ1) is 32.2. The summed E-state index contributed by atoms with van der Waals surface area (Å²) in [6.45, 7) is 4.89. The molecule has 2 aliphatic heterocycles. The summed E-state index contributed by atoms with van der Waals surface area (Å²) in [6.07, 6.45) is 2.11. The van der Waals surface area contributed by atoms with Crippen LogP contribution in [0.25, 0.3) is 0 Å². The van der Waals surface area contributed by atoms with E-state index in [1.54, 1.807) is 41.3 Å². The number of alkyl halides is 1. The molecule has 1 aromatic heterocycles. The second kappa shape index (κ2) is 14.3. The number of nitrogens with one attached hydrogen (secondary N) is 1. The molecule has 236 valence electrons. The molecule has 0 saturated carbocycles. The summed E-state index contributed by atoms with van der Waals surface area (Å²) in [6, 6.07) is 19.4. The van der Waals surface area contributed by atoms with Gasteiger partial charge in [0.25, 0.3) is 11.8 Å². The molecule has 12 heteroatoms. The van der Waals surface area contributed by atoms with Crippen molar-refractivity contribution in [1.82, 2.24) is 25.0 Å². The van der Waals surface area contributed by atoms with Crippen LogP contribution in [0.2, 0.25) is 0 Å². The highest BCUT2D eigenvalue weighted by Gasteiger charge is 2.30. The van der Waals surface area contributed by atoms with Crippen LogP contribution in [0, 0.1) is 17.2 Å². The molecule has 3 heterocycles.